The minimum Gasteiger partial charge on any atom is -0.493 e. The number of para-hydroxylation sites is 1. The Bertz CT molecular complexity index is 973. The molecule has 0 radical (unpaired) electrons. The number of methoxy groups -OCH3 is 2. The summed E-state index contributed by atoms with van der Waals surface area (Å²) in [6.45, 7) is 0.239. The number of ether oxygens (including phenoxy) is 2. The van der Waals surface area contributed by atoms with E-state index >= 15 is 0 Å². The molecule has 0 saturated carbocycles. The standard InChI is InChI=1S/C22H22N2O3/c1-5-8-15-9-6-7-10-19(15)24(2)14-20(25)18-11-16-12-21(26-3)22(27-4)13-17(16)23-18/h1,6-7,9-13,23H,8,14H2,2-4H3. The quantitative estimate of drug-likeness (QED) is 0.515. The van der Waals surface area contributed by atoms with Crippen molar-refractivity contribution in [1.29, 1.82) is 0 Å². The highest BCUT2D eigenvalue weighted by atomic mass is 16.5. The molecule has 0 aliphatic rings. The van der Waals surface area contributed by atoms with Crippen LogP contribution in [-0.2, 0) is 6.42 Å². The zero-order chi connectivity index (χ0) is 19.4. The van der Waals surface area contributed by atoms with Gasteiger partial charge < -0.3 is 19.4 Å². The second-order valence-electron chi connectivity index (χ2n) is 6.27. The molecule has 0 unspecified atom stereocenters. The molecule has 0 spiro atoms. The number of aromatic nitrogens is 1. The van der Waals surface area contributed by atoms with E-state index in [1.54, 1.807) is 14.2 Å². The van der Waals surface area contributed by atoms with Crippen molar-refractivity contribution in [2.24, 2.45) is 0 Å². The molecule has 1 N–H and O–H groups in total. The van der Waals surface area contributed by atoms with Gasteiger partial charge in [-0.2, -0.15) is 0 Å². The lowest BCUT2D eigenvalue weighted by Gasteiger charge is -2.21. The number of terminal acetylenes is 1. The van der Waals surface area contributed by atoms with Crippen molar-refractivity contribution in [2.75, 3.05) is 32.7 Å². The Morgan fingerprint density at radius 1 is 1.15 bits per heavy atom. The lowest BCUT2D eigenvalue weighted by molar-refractivity contribution is 0.0996. The molecule has 138 valence electrons. The number of benzene rings is 2. The first kappa shape index (κ1) is 18.4. The van der Waals surface area contributed by atoms with Gasteiger partial charge >= 0.3 is 0 Å². The zero-order valence-electron chi connectivity index (χ0n) is 15.7. The SMILES string of the molecule is C#CCc1ccccc1N(C)CC(=O)c1cc2cc(OC)c(OC)cc2[nH]1. The number of likely N-dealkylation sites (N-methyl/N-ethyl adjacent to an activating group) is 1. The number of carbonyl (C=O) groups excluding carboxylic acids is 1. The Labute approximate surface area is 158 Å². The van der Waals surface area contributed by atoms with Gasteiger partial charge in [-0.15, -0.1) is 12.3 Å². The number of fused-ring (bicyclic) bond motifs is 1. The number of ketones is 1. The van der Waals surface area contributed by atoms with E-state index in [0.29, 0.717) is 23.6 Å². The number of hydrogen-bond acceptors (Lipinski definition) is 4. The van der Waals surface area contributed by atoms with E-state index in [9.17, 15) is 4.79 Å². The van der Waals surface area contributed by atoms with Gasteiger partial charge in [0.2, 0.25) is 0 Å². The van der Waals surface area contributed by atoms with Gasteiger partial charge in [-0.3, -0.25) is 4.79 Å². The van der Waals surface area contributed by atoms with E-state index in [1.807, 2.05) is 54.4 Å². The number of hydrogen-bond donors (Lipinski definition) is 1. The summed E-state index contributed by atoms with van der Waals surface area (Å²) >= 11 is 0. The van der Waals surface area contributed by atoms with Crippen molar-refractivity contribution >= 4 is 22.4 Å². The van der Waals surface area contributed by atoms with Gasteiger partial charge in [0.1, 0.15) is 0 Å². The number of aromatic amines is 1. The van der Waals surface area contributed by atoms with E-state index in [1.165, 1.54) is 0 Å². The Morgan fingerprint density at radius 3 is 2.56 bits per heavy atom. The Morgan fingerprint density at radius 2 is 1.85 bits per heavy atom. The van der Waals surface area contributed by atoms with Crippen molar-refractivity contribution in [1.82, 2.24) is 4.98 Å². The van der Waals surface area contributed by atoms with Crippen LogP contribution in [0.2, 0.25) is 0 Å². The summed E-state index contributed by atoms with van der Waals surface area (Å²) < 4.78 is 10.6. The number of Topliss-reactive ketones (excluding diaryl/α,β-unsaturated/α-hetero) is 1. The normalized spacial score (nSPS) is 10.4. The summed E-state index contributed by atoms with van der Waals surface area (Å²) in [6.07, 6.45) is 5.98. The number of nitrogens with one attached hydrogen (secondary N) is 1. The number of carbonyl (C=O) groups is 1. The largest absolute Gasteiger partial charge is 0.493 e. The Kier molecular flexibility index (Phi) is 5.37. The van der Waals surface area contributed by atoms with Gasteiger partial charge in [0, 0.05) is 36.1 Å². The molecule has 1 aromatic heterocycles. The van der Waals surface area contributed by atoms with Gasteiger partial charge in [0.15, 0.2) is 17.3 Å². The lowest BCUT2D eigenvalue weighted by Crippen LogP contribution is -2.26. The smallest absolute Gasteiger partial charge is 0.198 e. The fourth-order valence-electron chi connectivity index (χ4n) is 3.14. The third-order valence-corrected chi connectivity index (χ3v) is 4.50. The monoisotopic (exact) mass is 362 g/mol. The predicted molar refractivity (Wildman–Crippen MR) is 108 cm³/mol. The third-order valence-electron chi connectivity index (χ3n) is 4.50. The van der Waals surface area contributed by atoms with Gasteiger partial charge in [-0.1, -0.05) is 18.2 Å². The molecule has 2 aromatic carbocycles. The van der Waals surface area contributed by atoms with E-state index in [4.69, 9.17) is 15.9 Å². The number of nitrogens with zero attached hydrogens (tertiary/aromatic N) is 1. The average molecular weight is 362 g/mol. The summed E-state index contributed by atoms with van der Waals surface area (Å²) in [5, 5.41) is 0.895. The van der Waals surface area contributed by atoms with E-state index in [-0.39, 0.29) is 12.3 Å². The summed E-state index contributed by atoms with van der Waals surface area (Å²) in [4.78, 5) is 17.9. The highest BCUT2D eigenvalue weighted by Crippen LogP contribution is 2.32. The van der Waals surface area contributed by atoms with Crippen LogP contribution in [0.5, 0.6) is 11.5 Å². The summed E-state index contributed by atoms with van der Waals surface area (Å²) in [6, 6.07) is 13.4. The first-order chi connectivity index (χ1) is 13.1. The summed E-state index contributed by atoms with van der Waals surface area (Å²) in [5.41, 5.74) is 3.36. The maximum absolute atomic E-state index is 12.8. The second kappa shape index (κ2) is 7.88. The van der Waals surface area contributed by atoms with Crippen molar-refractivity contribution in [3.05, 3.63) is 53.7 Å². The van der Waals surface area contributed by atoms with Crippen molar-refractivity contribution in [2.45, 2.75) is 6.42 Å². The molecule has 27 heavy (non-hydrogen) atoms. The molecule has 0 aliphatic heterocycles. The molecule has 5 heteroatoms. The Hall–Kier alpha value is -3.39. The molecule has 0 fully saturated rings. The van der Waals surface area contributed by atoms with Crippen LogP contribution >= 0.6 is 0 Å². The zero-order valence-corrected chi connectivity index (χ0v) is 15.7. The highest BCUT2D eigenvalue weighted by Gasteiger charge is 2.16. The van der Waals surface area contributed by atoms with E-state index < -0.39 is 0 Å². The fraction of sp³-hybridized carbons (Fsp3) is 0.227. The van der Waals surface area contributed by atoms with Crippen LogP contribution in [0.15, 0.2) is 42.5 Å². The molecule has 0 amide bonds. The third kappa shape index (κ3) is 3.75. The maximum atomic E-state index is 12.8. The first-order valence-electron chi connectivity index (χ1n) is 8.57. The molecule has 0 aliphatic carbocycles. The Balaban J connectivity index is 1.85. The number of anilines is 1. The molecule has 3 aromatic rings. The molecule has 3 rings (SSSR count). The fourth-order valence-corrected chi connectivity index (χ4v) is 3.14. The molecule has 5 nitrogen and oxygen atoms in total. The molecule has 0 atom stereocenters. The van der Waals surface area contributed by atoms with Crippen LogP contribution in [0.3, 0.4) is 0 Å². The van der Waals surface area contributed by atoms with Crippen LogP contribution in [0.25, 0.3) is 10.9 Å². The maximum Gasteiger partial charge on any atom is 0.198 e. The number of H-pyrrole nitrogens is 1. The number of rotatable bonds is 7. The van der Waals surface area contributed by atoms with Gasteiger partial charge in [-0.05, 0) is 23.8 Å². The van der Waals surface area contributed by atoms with Gasteiger partial charge in [0.05, 0.1) is 26.5 Å². The second-order valence-corrected chi connectivity index (χ2v) is 6.27. The summed E-state index contributed by atoms with van der Waals surface area (Å²) in [7, 11) is 5.06. The van der Waals surface area contributed by atoms with Crippen molar-refractivity contribution < 1.29 is 14.3 Å². The molecule has 1 heterocycles. The minimum absolute atomic E-state index is 0.0119. The molecule has 0 bridgehead atoms. The minimum atomic E-state index is -0.0119. The van der Waals surface area contributed by atoms with E-state index in [0.717, 1.165) is 22.2 Å². The summed E-state index contributed by atoms with van der Waals surface area (Å²) in [5.74, 6) is 3.90. The van der Waals surface area contributed by atoms with Gasteiger partial charge in [-0.25, -0.2) is 0 Å². The highest BCUT2D eigenvalue weighted by molar-refractivity contribution is 6.02. The lowest BCUT2D eigenvalue weighted by atomic mass is 10.1. The topological polar surface area (TPSA) is 54.6 Å². The van der Waals surface area contributed by atoms with Crippen molar-refractivity contribution in [3.63, 3.8) is 0 Å². The molecular formula is C22H22N2O3. The first-order valence-corrected chi connectivity index (χ1v) is 8.57. The molecular weight excluding hydrogens is 340 g/mol. The van der Waals surface area contributed by atoms with Crippen LogP contribution in [-0.4, -0.2) is 38.6 Å². The van der Waals surface area contributed by atoms with E-state index in [2.05, 4.69) is 10.9 Å². The van der Waals surface area contributed by atoms with Gasteiger partial charge in [0.25, 0.3) is 0 Å². The predicted octanol–water partition coefficient (Wildman–Crippen LogP) is 3.68. The average Bonchev–Trinajstić information content (AvgIpc) is 3.10. The van der Waals surface area contributed by atoms with Crippen LogP contribution in [0.4, 0.5) is 5.69 Å². The van der Waals surface area contributed by atoms with Crippen molar-refractivity contribution in [3.8, 4) is 23.8 Å². The van der Waals surface area contributed by atoms with Crippen LogP contribution in [0.1, 0.15) is 16.1 Å². The van der Waals surface area contributed by atoms with Crippen LogP contribution < -0.4 is 14.4 Å². The molecule has 0 saturated heterocycles. The van der Waals surface area contributed by atoms with Crippen LogP contribution in [0, 0.1) is 12.3 Å².